The summed E-state index contributed by atoms with van der Waals surface area (Å²) in [7, 11) is 0. The standard InChI is InChI=1S/C11H13FO/c1-2-3-11(13)8-9-4-6-10(12)7-5-9/h4-7H,2-3,8H2,1H3. The van der Waals surface area contributed by atoms with Crippen LogP contribution in [0.3, 0.4) is 0 Å². The highest BCUT2D eigenvalue weighted by Gasteiger charge is 2.01. The Morgan fingerprint density at radius 3 is 2.46 bits per heavy atom. The molecule has 2 heteroatoms. The summed E-state index contributed by atoms with van der Waals surface area (Å²) in [5, 5.41) is 0. The second kappa shape index (κ2) is 4.75. The zero-order valence-corrected chi connectivity index (χ0v) is 7.72. The van der Waals surface area contributed by atoms with Crippen LogP contribution in [0.15, 0.2) is 24.3 Å². The summed E-state index contributed by atoms with van der Waals surface area (Å²) in [6, 6.07) is 6.08. The van der Waals surface area contributed by atoms with Gasteiger partial charge in [-0.3, -0.25) is 4.79 Å². The van der Waals surface area contributed by atoms with Gasteiger partial charge in [-0.25, -0.2) is 4.39 Å². The van der Waals surface area contributed by atoms with Gasteiger partial charge >= 0.3 is 0 Å². The molecule has 1 rings (SSSR count). The molecule has 1 nitrogen and oxygen atoms in total. The van der Waals surface area contributed by atoms with Crippen molar-refractivity contribution in [1.29, 1.82) is 0 Å². The molecule has 0 unspecified atom stereocenters. The van der Waals surface area contributed by atoms with Crippen molar-refractivity contribution in [2.45, 2.75) is 26.2 Å². The van der Waals surface area contributed by atoms with Gasteiger partial charge in [0.25, 0.3) is 0 Å². The summed E-state index contributed by atoms with van der Waals surface area (Å²) in [6.45, 7) is 1.97. The topological polar surface area (TPSA) is 17.1 Å². The summed E-state index contributed by atoms with van der Waals surface area (Å²) < 4.78 is 12.5. The second-order valence-corrected chi connectivity index (χ2v) is 3.09. The molecular formula is C11H13FO. The van der Waals surface area contributed by atoms with Crippen LogP contribution in [0.4, 0.5) is 4.39 Å². The number of carbonyl (C=O) groups is 1. The molecule has 0 bridgehead atoms. The van der Waals surface area contributed by atoms with Crippen LogP contribution in [-0.2, 0) is 11.2 Å². The van der Waals surface area contributed by atoms with Gasteiger partial charge in [0.05, 0.1) is 0 Å². The highest BCUT2D eigenvalue weighted by molar-refractivity contribution is 5.80. The number of Topliss-reactive ketones (excluding diaryl/α,β-unsaturated/α-hetero) is 1. The number of halogens is 1. The molecular weight excluding hydrogens is 167 g/mol. The summed E-state index contributed by atoms with van der Waals surface area (Å²) >= 11 is 0. The maximum atomic E-state index is 12.5. The van der Waals surface area contributed by atoms with Gasteiger partial charge in [0, 0.05) is 12.8 Å². The lowest BCUT2D eigenvalue weighted by Gasteiger charge is -1.99. The van der Waals surface area contributed by atoms with Crippen LogP contribution in [0.1, 0.15) is 25.3 Å². The zero-order chi connectivity index (χ0) is 9.68. The fourth-order valence-electron chi connectivity index (χ4n) is 1.20. The fraction of sp³-hybridized carbons (Fsp3) is 0.364. The average molecular weight is 180 g/mol. The Bertz CT molecular complexity index is 277. The van der Waals surface area contributed by atoms with E-state index in [-0.39, 0.29) is 11.6 Å². The minimum absolute atomic E-state index is 0.217. The first kappa shape index (κ1) is 9.90. The molecule has 0 aliphatic carbocycles. The SMILES string of the molecule is CCCC(=O)Cc1ccc(F)cc1. The third-order valence-corrected chi connectivity index (χ3v) is 1.84. The van der Waals surface area contributed by atoms with Crippen LogP contribution in [0.25, 0.3) is 0 Å². The van der Waals surface area contributed by atoms with Gasteiger partial charge in [-0.05, 0) is 24.1 Å². The predicted molar refractivity (Wildman–Crippen MR) is 50.0 cm³/mol. The quantitative estimate of drug-likeness (QED) is 0.696. The van der Waals surface area contributed by atoms with Gasteiger partial charge in [-0.2, -0.15) is 0 Å². The number of carbonyl (C=O) groups excluding carboxylic acids is 1. The number of benzene rings is 1. The van der Waals surface area contributed by atoms with Gasteiger partial charge in [0.1, 0.15) is 11.6 Å². The number of ketones is 1. The van der Waals surface area contributed by atoms with Crippen molar-refractivity contribution in [1.82, 2.24) is 0 Å². The first-order chi connectivity index (χ1) is 6.22. The lowest BCUT2D eigenvalue weighted by molar-refractivity contribution is -0.118. The zero-order valence-electron chi connectivity index (χ0n) is 7.72. The van der Waals surface area contributed by atoms with Crippen LogP contribution in [0.5, 0.6) is 0 Å². The third-order valence-electron chi connectivity index (χ3n) is 1.84. The van der Waals surface area contributed by atoms with Gasteiger partial charge in [0.2, 0.25) is 0 Å². The lowest BCUT2D eigenvalue weighted by Crippen LogP contribution is -2.01. The van der Waals surface area contributed by atoms with E-state index in [1.54, 1.807) is 12.1 Å². The van der Waals surface area contributed by atoms with Crippen molar-refractivity contribution >= 4 is 5.78 Å². The van der Waals surface area contributed by atoms with Crippen molar-refractivity contribution in [3.63, 3.8) is 0 Å². The molecule has 13 heavy (non-hydrogen) atoms. The molecule has 0 saturated heterocycles. The second-order valence-electron chi connectivity index (χ2n) is 3.09. The first-order valence-corrected chi connectivity index (χ1v) is 4.48. The Kier molecular flexibility index (Phi) is 3.62. The van der Waals surface area contributed by atoms with E-state index in [2.05, 4.69) is 0 Å². The Labute approximate surface area is 77.6 Å². The van der Waals surface area contributed by atoms with Crippen molar-refractivity contribution in [3.8, 4) is 0 Å². The van der Waals surface area contributed by atoms with E-state index in [0.29, 0.717) is 12.8 Å². The molecule has 1 aromatic rings. The summed E-state index contributed by atoms with van der Waals surface area (Å²) in [6.07, 6.45) is 1.91. The highest BCUT2D eigenvalue weighted by atomic mass is 19.1. The fourth-order valence-corrected chi connectivity index (χ4v) is 1.20. The van der Waals surface area contributed by atoms with Crippen LogP contribution < -0.4 is 0 Å². The summed E-state index contributed by atoms with van der Waals surface area (Å²) in [5.41, 5.74) is 0.889. The molecule has 0 atom stereocenters. The van der Waals surface area contributed by atoms with Crippen LogP contribution in [0.2, 0.25) is 0 Å². The lowest BCUT2D eigenvalue weighted by atomic mass is 10.1. The van der Waals surface area contributed by atoms with Crippen molar-refractivity contribution in [3.05, 3.63) is 35.6 Å². The molecule has 0 fully saturated rings. The summed E-state index contributed by atoms with van der Waals surface area (Å²) in [4.78, 5) is 11.2. The normalized spacial score (nSPS) is 10.0. The molecule has 0 saturated carbocycles. The Morgan fingerprint density at radius 1 is 1.31 bits per heavy atom. The Hall–Kier alpha value is -1.18. The van der Waals surface area contributed by atoms with E-state index in [1.807, 2.05) is 6.92 Å². The van der Waals surface area contributed by atoms with Crippen molar-refractivity contribution < 1.29 is 9.18 Å². The molecule has 0 N–H and O–H groups in total. The monoisotopic (exact) mass is 180 g/mol. The van der Waals surface area contributed by atoms with Gasteiger partial charge < -0.3 is 0 Å². The van der Waals surface area contributed by atoms with Gasteiger partial charge in [0.15, 0.2) is 0 Å². The van der Waals surface area contributed by atoms with E-state index in [9.17, 15) is 9.18 Å². The molecule has 0 aliphatic rings. The minimum Gasteiger partial charge on any atom is -0.299 e. The molecule has 0 spiro atoms. The molecule has 1 aromatic carbocycles. The Balaban J connectivity index is 2.54. The van der Waals surface area contributed by atoms with E-state index >= 15 is 0 Å². The van der Waals surface area contributed by atoms with E-state index in [0.717, 1.165) is 12.0 Å². The number of rotatable bonds is 4. The van der Waals surface area contributed by atoms with E-state index in [4.69, 9.17) is 0 Å². The van der Waals surface area contributed by atoms with Crippen LogP contribution in [-0.4, -0.2) is 5.78 Å². The minimum atomic E-state index is -0.258. The number of hydrogen-bond acceptors (Lipinski definition) is 1. The molecule has 70 valence electrons. The maximum Gasteiger partial charge on any atom is 0.137 e. The smallest absolute Gasteiger partial charge is 0.137 e. The largest absolute Gasteiger partial charge is 0.299 e. The highest BCUT2D eigenvalue weighted by Crippen LogP contribution is 2.05. The molecule has 0 heterocycles. The predicted octanol–water partition coefficient (Wildman–Crippen LogP) is 2.74. The molecule has 0 amide bonds. The molecule has 0 radical (unpaired) electrons. The van der Waals surface area contributed by atoms with E-state index in [1.165, 1.54) is 12.1 Å². The van der Waals surface area contributed by atoms with Crippen LogP contribution >= 0.6 is 0 Å². The molecule has 0 aromatic heterocycles. The van der Waals surface area contributed by atoms with Crippen molar-refractivity contribution in [2.24, 2.45) is 0 Å². The molecule has 0 aliphatic heterocycles. The third kappa shape index (κ3) is 3.36. The maximum absolute atomic E-state index is 12.5. The average Bonchev–Trinajstić information content (AvgIpc) is 2.09. The van der Waals surface area contributed by atoms with Crippen LogP contribution in [0, 0.1) is 5.82 Å². The number of hydrogen-bond donors (Lipinski definition) is 0. The van der Waals surface area contributed by atoms with Gasteiger partial charge in [-0.1, -0.05) is 19.1 Å². The van der Waals surface area contributed by atoms with E-state index < -0.39 is 0 Å². The first-order valence-electron chi connectivity index (χ1n) is 4.48. The Morgan fingerprint density at radius 2 is 1.92 bits per heavy atom. The van der Waals surface area contributed by atoms with Gasteiger partial charge in [-0.15, -0.1) is 0 Å². The summed E-state index contributed by atoms with van der Waals surface area (Å²) in [5.74, 6) is -0.0409. The van der Waals surface area contributed by atoms with Crippen molar-refractivity contribution in [2.75, 3.05) is 0 Å².